The number of carbonyl (C=O) groups excluding carboxylic acids is 2. The first-order chi connectivity index (χ1) is 15.5. The topological polar surface area (TPSA) is 70.2 Å². The van der Waals surface area contributed by atoms with E-state index in [0.29, 0.717) is 25.6 Å². The fraction of sp³-hybridized carbons (Fsp3) is 0.462. The van der Waals surface area contributed by atoms with E-state index < -0.39 is 0 Å². The Balaban J connectivity index is 1.51. The lowest BCUT2D eigenvalue weighted by atomic mass is 9.79. The molecule has 0 bridgehead atoms. The summed E-state index contributed by atoms with van der Waals surface area (Å²) in [5.74, 6) is -0.531. The molecule has 0 aromatic heterocycles. The van der Waals surface area contributed by atoms with E-state index >= 15 is 0 Å². The molecule has 6 heteroatoms. The second-order valence-electron chi connectivity index (χ2n) is 8.61. The standard InChI is InChI=1S/C26H34FN3O2/c1-19(20-8-4-2-5-9-20)25(31)30-18-24(21-10-6-3-7-11-21)26(32)29-17-16-28-23-14-12-22(27)13-15-23/h2,4-5,8-9,12-15,19,21,24,28H,3,6-7,10-11,16-18H2,1H3,(H,29,32)(H,30,31)/t19-,24?/m1/s1. The van der Waals surface area contributed by atoms with Crippen molar-refractivity contribution in [1.29, 1.82) is 0 Å². The largest absolute Gasteiger partial charge is 0.383 e. The zero-order chi connectivity index (χ0) is 22.8. The Morgan fingerprint density at radius 1 is 0.906 bits per heavy atom. The summed E-state index contributed by atoms with van der Waals surface area (Å²) in [4.78, 5) is 25.7. The molecule has 1 aliphatic rings. The molecule has 3 N–H and O–H groups in total. The molecule has 2 amide bonds. The molecular weight excluding hydrogens is 405 g/mol. The maximum Gasteiger partial charge on any atom is 0.227 e. The summed E-state index contributed by atoms with van der Waals surface area (Å²) in [6, 6.07) is 15.8. The van der Waals surface area contributed by atoms with Crippen LogP contribution in [0.2, 0.25) is 0 Å². The summed E-state index contributed by atoms with van der Waals surface area (Å²) in [5, 5.41) is 9.23. The first-order valence-electron chi connectivity index (χ1n) is 11.6. The Kier molecular flexibility index (Phi) is 9.08. The van der Waals surface area contributed by atoms with E-state index in [1.165, 1.54) is 18.6 Å². The van der Waals surface area contributed by atoms with Crippen LogP contribution in [0.25, 0.3) is 0 Å². The quantitative estimate of drug-likeness (QED) is 0.479. The maximum atomic E-state index is 13.0. The number of hydrogen-bond donors (Lipinski definition) is 3. The predicted octanol–water partition coefficient (Wildman–Crippen LogP) is 4.47. The van der Waals surface area contributed by atoms with Gasteiger partial charge in [-0.05, 0) is 55.5 Å². The number of halogens is 1. The third kappa shape index (κ3) is 7.08. The second kappa shape index (κ2) is 12.2. The molecule has 1 saturated carbocycles. The Morgan fingerprint density at radius 2 is 1.59 bits per heavy atom. The minimum absolute atomic E-state index is 0.00882. The zero-order valence-corrected chi connectivity index (χ0v) is 18.8. The number of benzene rings is 2. The third-order valence-corrected chi connectivity index (χ3v) is 6.34. The summed E-state index contributed by atoms with van der Waals surface area (Å²) in [6.45, 7) is 3.26. The Hall–Kier alpha value is -2.89. The van der Waals surface area contributed by atoms with Gasteiger partial charge in [-0.2, -0.15) is 0 Å². The molecule has 5 nitrogen and oxygen atoms in total. The van der Waals surface area contributed by atoms with Crippen LogP contribution in [0.5, 0.6) is 0 Å². The molecule has 2 aromatic rings. The molecular formula is C26H34FN3O2. The summed E-state index contributed by atoms with van der Waals surface area (Å²) in [5.41, 5.74) is 1.78. The molecule has 2 atom stereocenters. The molecule has 0 saturated heterocycles. The van der Waals surface area contributed by atoms with Crippen LogP contribution >= 0.6 is 0 Å². The van der Waals surface area contributed by atoms with E-state index in [2.05, 4.69) is 16.0 Å². The summed E-state index contributed by atoms with van der Waals surface area (Å²) in [7, 11) is 0. The van der Waals surface area contributed by atoms with Crippen LogP contribution in [-0.4, -0.2) is 31.4 Å². The lowest BCUT2D eigenvalue weighted by molar-refractivity contribution is -0.127. The van der Waals surface area contributed by atoms with Gasteiger partial charge in [0.1, 0.15) is 5.82 Å². The molecule has 0 heterocycles. The molecule has 3 rings (SSSR count). The van der Waals surface area contributed by atoms with Crippen LogP contribution in [0, 0.1) is 17.7 Å². The highest BCUT2D eigenvalue weighted by atomic mass is 19.1. The van der Waals surface area contributed by atoms with Gasteiger partial charge in [0.25, 0.3) is 0 Å². The summed E-state index contributed by atoms with van der Waals surface area (Å²) >= 11 is 0. The van der Waals surface area contributed by atoms with Gasteiger partial charge in [0.2, 0.25) is 11.8 Å². The van der Waals surface area contributed by atoms with Crippen LogP contribution in [-0.2, 0) is 9.59 Å². The Labute approximate surface area is 190 Å². The van der Waals surface area contributed by atoms with Crippen LogP contribution in [0.3, 0.4) is 0 Å². The average Bonchev–Trinajstić information content (AvgIpc) is 2.83. The van der Waals surface area contributed by atoms with Gasteiger partial charge in [0, 0.05) is 25.3 Å². The average molecular weight is 440 g/mol. The number of hydrogen-bond acceptors (Lipinski definition) is 3. The zero-order valence-electron chi connectivity index (χ0n) is 18.8. The molecule has 1 aliphatic carbocycles. The van der Waals surface area contributed by atoms with Gasteiger partial charge in [-0.25, -0.2) is 4.39 Å². The minimum atomic E-state index is -0.275. The lowest BCUT2D eigenvalue weighted by Gasteiger charge is -2.30. The van der Waals surface area contributed by atoms with Crippen molar-refractivity contribution < 1.29 is 14.0 Å². The van der Waals surface area contributed by atoms with E-state index in [-0.39, 0.29) is 29.5 Å². The van der Waals surface area contributed by atoms with E-state index in [4.69, 9.17) is 0 Å². The van der Waals surface area contributed by atoms with Crippen LogP contribution in [0.1, 0.15) is 50.5 Å². The van der Waals surface area contributed by atoms with Crippen LogP contribution in [0.4, 0.5) is 10.1 Å². The maximum absolute atomic E-state index is 13.0. The van der Waals surface area contributed by atoms with E-state index in [1.54, 1.807) is 12.1 Å². The highest BCUT2D eigenvalue weighted by molar-refractivity contribution is 5.84. The van der Waals surface area contributed by atoms with Crippen molar-refractivity contribution in [2.75, 3.05) is 25.0 Å². The molecule has 32 heavy (non-hydrogen) atoms. The van der Waals surface area contributed by atoms with Crippen molar-refractivity contribution in [2.24, 2.45) is 11.8 Å². The molecule has 172 valence electrons. The van der Waals surface area contributed by atoms with Gasteiger partial charge in [-0.3, -0.25) is 9.59 Å². The number of anilines is 1. The van der Waals surface area contributed by atoms with Gasteiger partial charge in [0.15, 0.2) is 0 Å². The van der Waals surface area contributed by atoms with Gasteiger partial charge in [-0.1, -0.05) is 49.6 Å². The first kappa shape index (κ1) is 23.8. The molecule has 1 fully saturated rings. The predicted molar refractivity (Wildman–Crippen MR) is 126 cm³/mol. The molecule has 2 aromatic carbocycles. The highest BCUT2D eigenvalue weighted by Gasteiger charge is 2.30. The highest BCUT2D eigenvalue weighted by Crippen LogP contribution is 2.30. The molecule has 0 radical (unpaired) electrons. The SMILES string of the molecule is C[C@@H](C(=O)NCC(C(=O)NCCNc1ccc(F)cc1)C1CCCCC1)c1ccccc1. The van der Waals surface area contributed by atoms with Crippen LogP contribution < -0.4 is 16.0 Å². The van der Waals surface area contributed by atoms with E-state index in [0.717, 1.165) is 36.9 Å². The number of amides is 2. The molecule has 0 spiro atoms. The molecule has 0 aliphatic heterocycles. The Morgan fingerprint density at radius 3 is 2.28 bits per heavy atom. The Bertz CT molecular complexity index is 851. The monoisotopic (exact) mass is 439 g/mol. The van der Waals surface area contributed by atoms with Crippen molar-refractivity contribution >= 4 is 17.5 Å². The number of rotatable bonds is 10. The lowest BCUT2D eigenvalue weighted by Crippen LogP contribution is -2.44. The fourth-order valence-electron chi connectivity index (χ4n) is 4.36. The van der Waals surface area contributed by atoms with Crippen molar-refractivity contribution in [1.82, 2.24) is 10.6 Å². The van der Waals surface area contributed by atoms with E-state index in [9.17, 15) is 14.0 Å². The smallest absolute Gasteiger partial charge is 0.227 e. The number of nitrogens with one attached hydrogen (secondary N) is 3. The number of carbonyl (C=O) groups is 2. The van der Waals surface area contributed by atoms with E-state index in [1.807, 2.05) is 37.3 Å². The van der Waals surface area contributed by atoms with Crippen molar-refractivity contribution in [3.05, 3.63) is 66.0 Å². The van der Waals surface area contributed by atoms with Gasteiger partial charge in [-0.15, -0.1) is 0 Å². The second-order valence-corrected chi connectivity index (χ2v) is 8.61. The first-order valence-corrected chi connectivity index (χ1v) is 11.6. The van der Waals surface area contributed by atoms with Gasteiger partial charge >= 0.3 is 0 Å². The van der Waals surface area contributed by atoms with Gasteiger partial charge in [0.05, 0.1) is 11.8 Å². The van der Waals surface area contributed by atoms with Crippen LogP contribution in [0.15, 0.2) is 54.6 Å². The fourth-order valence-corrected chi connectivity index (χ4v) is 4.36. The van der Waals surface area contributed by atoms with Gasteiger partial charge < -0.3 is 16.0 Å². The van der Waals surface area contributed by atoms with Crippen molar-refractivity contribution in [3.8, 4) is 0 Å². The minimum Gasteiger partial charge on any atom is -0.383 e. The third-order valence-electron chi connectivity index (χ3n) is 6.34. The van der Waals surface area contributed by atoms with Crippen molar-refractivity contribution in [2.45, 2.75) is 44.9 Å². The summed E-state index contributed by atoms with van der Waals surface area (Å²) in [6.07, 6.45) is 5.53. The summed E-state index contributed by atoms with van der Waals surface area (Å²) < 4.78 is 13.0. The normalized spacial score (nSPS) is 16.1. The molecule has 1 unspecified atom stereocenters. The van der Waals surface area contributed by atoms with Crippen molar-refractivity contribution in [3.63, 3.8) is 0 Å².